The minimum Gasteiger partial charge on any atom is -0.493 e. The molecule has 1 aromatic rings. The third kappa shape index (κ3) is 2.57. The van der Waals surface area contributed by atoms with Crippen molar-refractivity contribution in [2.24, 2.45) is 0 Å². The Hall–Kier alpha value is -1.23. The number of methoxy groups -OCH3 is 1. The van der Waals surface area contributed by atoms with E-state index >= 15 is 0 Å². The first-order chi connectivity index (χ1) is 12.1. The molecule has 2 aliphatic heterocycles. The highest BCUT2D eigenvalue weighted by Crippen LogP contribution is 2.59. The molecule has 1 aromatic carbocycles. The van der Waals surface area contributed by atoms with Crippen LogP contribution in [0.3, 0.4) is 0 Å². The van der Waals surface area contributed by atoms with Crippen LogP contribution in [0, 0.1) is 0 Å². The van der Waals surface area contributed by atoms with Crippen LogP contribution in [0.4, 0.5) is 0 Å². The Kier molecular flexibility index (Phi) is 4.47. The van der Waals surface area contributed by atoms with Gasteiger partial charge in [0.25, 0.3) is 0 Å². The van der Waals surface area contributed by atoms with Gasteiger partial charge in [-0.15, -0.1) is 11.6 Å². The monoisotopic (exact) mass is 363 g/mol. The molecule has 4 nitrogen and oxygen atoms in total. The van der Waals surface area contributed by atoms with Gasteiger partial charge in [-0.05, 0) is 44.5 Å². The summed E-state index contributed by atoms with van der Waals surface area (Å²) in [4.78, 5) is 2.37. The maximum atomic E-state index is 10.4. The number of alkyl halides is 1. The average Bonchev–Trinajstić information content (AvgIpc) is 2.85. The van der Waals surface area contributed by atoms with E-state index in [0.29, 0.717) is 12.3 Å². The van der Waals surface area contributed by atoms with Crippen LogP contribution in [0.2, 0.25) is 0 Å². The third-order valence-electron chi connectivity index (χ3n) is 6.01. The van der Waals surface area contributed by atoms with Gasteiger partial charge in [0.15, 0.2) is 11.5 Å². The molecule has 0 saturated carbocycles. The molecule has 4 rings (SSSR count). The maximum absolute atomic E-state index is 10.4. The molecule has 3 atom stereocenters. The lowest BCUT2D eigenvalue weighted by atomic mass is 9.63. The molecular weight excluding hydrogens is 338 g/mol. The van der Waals surface area contributed by atoms with Crippen molar-refractivity contribution >= 4 is 11.6 Å². The number of hydrogen-bond acceptors (Lipinski definition) is 4. The SMILES string of the molecule is COc1ccc2c3c1O[C@H]1C[C@@H](O)C=C(CCCCl)[C@@]31CCN(C)C2. The Bertz CT molecular complexity index is 704. The van der Waals surface area contributed by atoms with Crippen LogP contribution < -0.4 is 9.47 Å². The quantitative estimate of drug-likeness (QED) is 0.658. The summed E-state index contributed by atoms with van der Waals surface area (Å²) in [5.41, 5.74) is 3.73. The second-order valence-corrected chi connectivity index (χ2v) is 7.86. The van der Waals surface area contributed by atoms with Gasteiger partial charge >= 0.3 is 0 Å². The number of aliphatic hydroxyl groups excluding tert-OH is 1. The van der Waals surface area contributed by atoms with Crippen LogP contribution in [0.15, 0.2) is 23.8 Å². The number of benzene rings is 1. The zero-order chi connectivity index (χ0) is 17.6. The number of nitrogens with zero attached hydrogens (tertiary/aromatic N) is 1. The summed E-state index contributed by atoms with van der Waals surface area (Å²) in [6.45, 7) is 1.92. The third-order valence-corrected chi connectivity index (χ3v) is 6.28. The molecule has 1 N–H and O–H groups in total. The molecule has 0 radical (unpaired) electrons. The number of halogens is 1. The minimum atomic E-state index is -0.453. The molecule has 1 spiro atoms. The highest BCUT2D eigenvalue weighted by Gasteiger charge is 2.56. The van der Waals surface area contributed by atoms with E-state index in [9.17, 15) is 5.11 Å². The highest BCUT2D eigenvalue weighted by atomic mass is 35.5. The predicted octanol–water partition coefficient (Wildman–Crippen LogP) is 3.24. The summed E-state index contributed by atoms with van der Waals surface area (Å²) in [5.74, 6) is 2.31. The lowest BCUT2D eigenvalue weighted by molar-refractivity contribution is 0.0743. The molecule has 5 heteroatoms. The van der Waals surface area contributed by atoms with Gasteiger partial charge in [0.05, 0.1) is 18.6 Å². The Balaban J connectivity index is 1.92. The van der Waals surface area contributed by atoms with E-state index < -0.39 is 6.10 Å². The van der Waals surface area contributed by atoms with Gasteiger partial charge in [-0.1, -0.05) is 17.7 Å². The summed E-state index contributed by atoms with van der Waals surface area (Å²) in [5, 5.41) is 10.4. The molecular formula is C20H26ClNO3. The van der Waals surface area contributed by atoms with Crippen molar-refractivity contribution in [2.75, 3.05) is 26.6 Å². The van der Waals surface area contributed by atoms with Gasteiger partial charge in [0.2, 0.25) is 0 Å². The lowest BCUT2D eigenvalue weighted by Gasteiger charge is -2.41. The van der Waals surface area contributed by atoms with Crippen LogP contribution >= 0.6 is 11.6 Å². The van der Waals surface area contributed by atoms with Gasteiger partial charge in [-0.2, -0.15) is 0 Å². The number of hydrogen-bond donors (Lipinski definition) is 1. The number of ether oxygens (including phenoxy) is 2. The fourth-order valence-electron chi connectivity index (χ4n) is 4.94. The maximum Gasteiger partial charge on any atom is 0.166 e. The van der Waals surface area contributed by atoms with E-state index in [0.717, 1.165) is 43.9 Å². The Labute approximate surface area is 154 Å². The van der Waals surface area contributed by atoms with Gasteiger partial charge < -0.3 is 19.5 Å². The summed E-state index contributed by atoms with van der Waals surface area (Å²) in [6, 6.07) is 4.19. The molecule has 0 saturated heterocycles. The van der Waals surface area contributed by atoms with Crippen molar-refractivity contribution < 1.29 is 14.6 Å². The second kappa shape index (κ2) is 6.49. The average molecular weight is 364 g/mol. The molecule has 3 aliphatic rings. The van der Waals surface area contributed by atoms with E-state index in [2.05, 4.69) is 24.1 Å². The van der Waals surface area contributed by atoms with E-state index in [-0.39, 0.29) is 11.5 Å². The molecule has 0 fully saturated rings. The largest absolute Gasteiger partial charge is 0.493 e. The first kappa shape index (κ1) is 17.2. The van der Waals surface area contributed by atoms with Crippen LogP contribution in [0.25, 0.3) is 0 Å². The number of aliphatic hydroxyl groups is 1. The van der Waals surface area contributed by atoms with Gasteiger partial charge in [0.1, 0.15) is 6.10 Å². The summed E-state index contributed by atoms with van der Waals surface area (Å²) >= 11 is 5.99. The summed E-state index contributed by atoms with van der Waals surface area (Å²) < 4.78 is 12.0. The van der Waals surface area contributed by atoms with E-state index in [1.807, 2.05) is 6.07 Å². The summed E-state index contributed by atoms with van der Waals surface area (Å²) in [6.07, 6.45) is 5.03. The number of rotatable bonds is 4. The summed E-state index contributed by atoms with van der Waals surface area (Å²) in [7, 11) is 3.86. The molecule has 136 valence electrons. The highest BCUT2D eigenvalue weighted by molar-refractivity contribution is 6.17. The molecule has 0 unspecified atom stereocenters. The smallest absolute Gasteiger partial charge is 0.166 e. The Morgan fingerprint density at radius 2 is 2.28 bits per heavy atom. The van der Waals surface area contributed by atoms with Crippen molar-refractivity contribution in [3.8, 4) is 11.5 Å². The first-order valence-corrected chi connectivity index (χ1v) is 9.64. The Morgan fingerprint density at radius 1 is 1.44 bits per heavy atom. The van der Waals surface area contributed by atoms with Gasteiger partial charge in [-0.3, -0.25) is 0 Å². The fourth-order valence-corrected chi connectivity index (χ4v) is 5.07. The van der Waals surface area contributed by atoms with Crippen molar-refractivity contribution in [1.29, 1.82) is 0 Å². The molecule has 0 bridgehead atoms. The van der Waals surface area contributed by atoms with E-state index in [4.69, 9.17) is 21.1 Å². The topological polar surface area (TPSA) is 41.9 Å². The standard InChI is InChI=1S/C20H26ClNO3/c1-22-9-7-20-14(4-3-8-21)10-15(23)11-17(20)25-19-16(24-2)6-5-13(12-22)18(19)20/h5-6,10,15,17,23H,3-4,7-9,11-12H2,1-2H3/t15-,17-,20+/m0/s1. The van der Waals surface area contributed by atoms with Crippen molar-refractivity contribution in [1.82, 2.24) is 4.90 Å². The van der Waals surface area contributed by atoms with Crippen LogP contribution in [0.5, 0.6) is 11.5 Å². The molecule has 0 amide bonds. The zero-order valence-electron chi connectivity index (χ0n) is 14.9. The van der Waals surface area contributed by atoms with Crippen molar-refractivity contribution in [3.05, 3.63) is 34.9 Å². The van der Waals surface area contributed by atoms with Crippen molar-refractivity contribution in [2.45, 2.75) is 49.9 Å². The van der Waals surface area contributed by atoms with Crippen LogP contribution in [0.1, 0.15) is 36.8 Å². The van der Waals surface area contributed by atoms with Gasteiger partial charge in [-0.25, -0.2) is 0 Å². The second-order valence-electron chi connectivity index (χ2n) is 7.48. The minimum absolute atomic E-state index is 0.0330. The fraction of sp³-hybridized carbons (Fsp3) is 0.600. The first-order valence-electron chi connectivity index (χ1n) is 9.11. The zero-order valence-corrected chi connectivity index (χ0v) is 15.7. The predicted molar refractivity (Wildman–Crippen MR) is 98.7 cm³/mol. The molecule has 25 heavy (non-hydrogen) atoms. The van der Waals surface area contributed by atoms with Crippen LogP contribution in [-0.2, 0) is 12.0 Å². The molecule has 2 heterocycles. The van der Waals surface area contributed by atoms with E-state index in [1.54, 1.807) is 7.11 Å². The van der Waals surface area contributed by atoms with E-state index in [1.165, 1.54) is 16.7 Å². The van der Waals surface area contributed by atoms with Crippen molar-refractivity contribution in [3.63, 3.8) is 0 Å². The molecule has 1 aliphatic carbocycles. The lowest BCUT2D eigenvalue weighted by Crippen LogP contribution is -2.46. The normalized spacial score (nSPS) is 30.8. The van der Waals surface area contributed by atoms with Crippen LogP contribution in [-0.4, -0.2) is 48.8 Å². The Morgan fingerprint density at radius 3 is 3.04 bits per heavy atom. The molecule has 0 aromatic heterocycles. The van der Waals surface area contributed by atoms with Gasteiger partial charge in [0, 0.05) is 24.4 Å².